The molecule has 2 fully saturated rings. The van der Waals surface area contributed by atoms with E-state index < -0.39 is 11.7 Å². The smallest absolute Gasteiger partial charge is 0.422 e. The third-order valence-corrected chi connectivity index (χ3v) is 8.67. The van der Waals surface area contributed by atoms with Crippen LogP contribution < -0.4 is 15.4 Å². The quantitative estimate of drug-likeness (QED) is 0.251. The van der Waals surface area contributed by atoms with Gasteiger partial charge in [-0.3, -0.25) is 0 Å². The van der Waals surface area contributed by atoms with Gasteiger partial charge in [0.25, 0.3) is 0 Å². The molecular weight excluding hydrogens is 542 g/mol. The van der Waals surface area contributed by atoms with Crippen LogP contribution in [-0.2, 0) is 6.18 Å². The topological polar surface area (TPSA) is 76.6 Å². The summed E-state index contributed by atoms with van der Waals surface area (Å²) in [4.78, 5) is 7.27. The number of hydrogen-bond acceptors (Lipinski definition) is 7. The molecule has 0 amide bonds. The fourth-order valence-electron chi connectivity index (χ4n) is 4.95. The average Bonchev–Trinajstić information content (AvgIpc) is 3.45. The summed E-state index contributed by atoms with van der Waals surface area (Å²) in [5, 5.41) is 9.52. The van der Waals surface area contributed by atoms with E-state index in [0.717, 1.165) is 54.6 Å². The Labute approximate surface area is 234 Å². The fourth-order valence-corrected chi connectivity index (χ4v) is 5.99. The number of ether oxygens (including phenoxy) is 1. The second kappa shape index (κ2) is 13.3. The first-order valence-electron chi connectivity index (χ1n) is 13.2. The summed E-state index contributed by atoms with van der Waals surface area (Å²) < 4.78 is 50.2. The summed E-state index contributed by atoms with van der Waals surface area (Å²) in [6, 6.07) is 4.89. The summed E-state index contributed by atoms with van der Waals surface area (Å²) in [6.45, 7) is 7.32. The highest BCUT2D eigenvalue weighted by Crippen LogP contribution is 2.49. The van der Waals surface area contributed by atoms with E-state index in [2.05, 4.69) is 26.0 Å². The Morgan fingerprint density at radius 1 is 1.23 bits per heavy atom. The van der Waals surface area contributed by atoms with Gasteiger partial charge in [0.1, 0.15) is 11.3 Å². The number of aromatic nitrogens is 2. The number of nitrogens with zero attached hydrogens (tertiary/aromatic N) is 4. The van der Waals surface area contributed by atoms with Gasteiger partial charge >= 0.3 is 6.18 Å². The molecule has 2 atom stereocenters. The number of piperidine rings is 1. The Morgan fingerprint density at radius 3 is 2.67 bits per heavy atom. The lowest BCUT2D eigenvalue weighted by Crippen LogP contribution is -2.39. The van der Waals surface area contributed by atoms with Crippen LogP contribution in [0, 0.1) is 5.92 Å². The Kier molecular flexibility index (Phi) is 10.1. The van der Waals surface area contributed by atoms with E-state index in [1.54, 1.807) is 23.4 Å². The first-order chi connectivity index (χ1) is 18.7. The van der Waals surface area contributed by atoms with Crippen LogP contribution in [0.15, 0.2) is 53.1 Å². The molecule has 1 saturated carbocycles. The number of aliphatic imine (C=N–C) groups is 1. The maximum absolute atomic E-state index is 14.7. The van der Waals surface area contributed by atoms with Crippen LogP contribution in [0.25, 0.3) is 4.91 Å². The van der Waals surface area contributed by atoms with Gasteiger partial charge < -0.3 is 15.4 Å². The van der Waals surface area contributed by atoms with Crippen LogP contribution in [0.2, 0.25) is 0 Å². The normalized spacial score (nSPS) is 19.4. The van der Waals surface area contributed by atoms with Gasteiger partial charge in [-0.2, -0.15) is 23.4 Å². The average molecular weight is 578 g/mol. The van der Waals surface area contributed by atoms with Gasteiger partial charge in [0, 0.05) is 23.6 Å². The van der Waals surface area contributed by atoms with E-state index in [1.807, 2.05) is 18.4 Å². The van der Waals surface area contributed by atoms with Crippen LogP contribution in [0.3, 0.4) is 0 Å². The lowest BCUT2D eigenvalue weighted by molar-refractivity contribution is -0.138. The fraction of sp³-hybridized carbons (Fsp3) is 0.464. The maximum atomic E-state index is 14.7. The second-order valence-corrected chi connectivity index (χ2v) is 11.5. The largest absolute Gasteiger partial charge is 0.490 e. The zero-order valence-electron chi connectivity index (χ0n) is 22.1. The van der Waals surface area contributed by atoms with Crippen LogP contribution in [-0.4, -0.2) is 41.4 Å². The molecule has 1 aliphatic heterocycles. The van der Waals surface area contributed by atoms with Gasteiger partial charge in [-0.15, -0.1) is 0 Å². The van der Waals surface area contributed by atoms with E-state index in [9.17, 15) is 13.2 Å². The molecule has 1 unspecified atom stereocenters. The van der Waals surface area contributed by atoms with Crippen LogP contribution in [0.5, 0.6) is 5.75 Å². The van der Waals surface area contributed by atoms with E-state index in [1.165, 1.54) is 17.8 Å². The van der Waals surface area contributed by atoms with Crippen molar-refractivity contribution in [1.29, 1.82) is 0 Å². The van der Waals surface area contributed by atoms with Gasteiger partial charge in [0.15, 0.2) is 0 Å². The van der Waals surface area contributed by atoms with Gasteiger partial charge in [-0.25, -0.2) is 4.99 Å². The predicted molar refractivity (Wildman–Crippen MR) is 158 cm³/mol. The number of hydrogen-bond donors (Lipinski definition) is 1. The molecule has 210 valence electrons. The first-order valence-corrected chi connectivity index (χ1v) is 14.6. The third kappa shape index (κ3) is 7.62. The van der Waals surface area contributed by atoms with E-state index in [0.29, 0.717) is 25.1 Å². The van der Waals surface area contributed by atoms with E-state index in [4.69, 9.17) is 15.5 Å². The molecule has 2 aliphatic rings. The second-order valence-electron chi connectivity index (χ2n) is 9.99. The number of thioether (sulfide) groups is 1. The van der Waals surface area contributed by atoms with E-state index in [-0.39, 0.29) is 29.1 Å². The summed E-state index contributed by atoms with van der Waals surface area (Å²) in [6.07, 6.45) is 3.55. The molecule has 0 radical (unpaired) electrons. The Balaban J connectivity index is 1.72. The van der Waals surface area contributed by atoms with Gasteiger partial charge in [0.05, 0.1) is 35.3 Å². The SMILES string of the molecule is C=C(S/C=C(\C)C(P)=Nc1ccc(OC2CCCC2)c(C(F)(F)F)c1N1CCC[C@@H](CN)C1)c1ccnnc1. The number of alkyl halides is 3. The van der Waals surface area contributed by atoms with Crippen molar-refractivity contribution in [2.24, 2.45) is 16.6 Å². The van der Waals surface area contributed by atoms with Crippen LogP contribution in [0.1, 0.15) is 56.6 Å². The molecule has 11 heteroatoms. The molecule has 1 aromatic heterocycles. The molecule has 1 saturated heterocycles. The highest BCUT2D eigenvalue weighted by atomic mass is 32.2. The number of anilines is 1. The molecule has 2 heterocycles. The highest BCUT2D eigenvalue weighted by molar-refractivity contribution is 8.10. The van der Waals surface area contributed by atoms with Crippen molar-refractivity contribution >= 4 is 42.7 Å². The zero-order valence-corrected chi connectivity index (χ0v) is 24.1. The summed E-state index contributed by atoms with van der Waals surface area (Å²) in [7, 11) is 2.56. The predicted octanol–water partition coefficient (Wildman–Crippen LogP) is 7.20. The van der Waals surface area contributed by atoms with Crippen molar-refractivity contribution in [1.82, 2.24) is 10.2 Å². The van der Waals surface area contributed by atoms with E-state index >= 15 is 0 Å². The van der Waals surface area contributed by atoms with Gasteiger partial charge in [-0.05, 0) is 87.1 Å². The van der Waals surface area contributed by atoms with Crippen molar-refractivity contribution in [3.8, 4) is 5.75 Å². The molecule has 6 nitrogen and oxygen atoms in total. The van der Waals surface area contributed by atoms with Crippen molar-refractivity contribution < 1.29 is 17.9 Å². The molecule has 39 heavy (non-hydrogen) atoms. The van der Waals surface area contributed by atoms with Gasteiger partial charge in [-0.1, -0.05) is 27.6 Å². The van der Waals surface area contributed by atoms with Crippen LogP contribution >= 0.6 is 21.0 Å². The van der Waals surface area contributed by atoms with Crippen molar-refractivity contribution in [3.05, 3.63) is 59.3 Å². The standard InChI is InChI=1S/C28H35F3N5OPS/c1-18(17-39-19(2)21-11-12-33-34-15-21)27(38)35-23-9-10-24(37-22-7-3-4-8-22)25(28(29,30)31)26(23)36-13-5-6-20(14-32)16-36/h9-12,15,17,20,22H,2-8,13-14,16,32,38H2,1H3/b18-17+,35-27?/t20-/m0/s1. The van der Waals surface area contributed by atoms with Crippen molar-refractivity contribution in [2.45, 2.75) is 57.7 Å². The number of nitrogens with two attached hydrogens (primary N) is 1. The summed E-state index contributed by atoms with van der Waals surface area (Å²) in [5.41, 5.74) is 7.69. The number of halogens is 3. The Morgan fingerprint density at radius 2 is 2.00 bits per heavy atom. The third-order valence-electron chi connectivity index (χ3n) is 7.10. The minimum Gasteiger partial charge on any atom is -0.490 e. The molecular formula is C28H35F3N5OPS. The van der Waals surface area contributed by atoms with Crippen molar-refractivity contribution in [3.63, 3.8) is 0 Å². The molecule has 0 bridgehead atoms. The lowest BCUT2D eigenvalue weighted by Gasteiger charge is -2.36. The molecule has 4 rings (SSSR count). The summed E-state index contributed by atoms with van der Waals surface area (Å²) >= 11 is 1.40. The van der Waals surface area contributed by atoms with Crippen LogP contribution in [0.4, 0.5) is 24.5 Å². The van der Waals surface area contributed by atoms with Crippen molar-refractivity contribution in [2.75, 3.05) is 24.5 Å². The first kappa shape index (κ1) is 29.6. The Hall–Kier alpha value is -2.42. The highest BCUT2D eigenvalue weighted by Gasteiger charge is 2.41. The molecule has 2 N–H and O–H groups in total. The van der Waals surface area contributed by atoms with Gasteiger partial charge in [0.2, 0.25) is 0 Å². The molecule has 2 aromatic rings. The Bertz CT molecular complexity index is 1220. The number of benzene rings is 1. The minimum absolute atomic E-state index is 0.0730. The minimum atomic E-state index is -4.61. The lowest BCUT2D eigenvalue weighted by atomic mass is 9.96. The maximum Gasteiger partial charge on any atom is 0.422 e. The monoisotopic (exact) mass is 577 g/mol. The molecule has 1 aliphatic carbocycles. The zero-order chi connectivity index (χ0) is 28.0. The number of allylic oxidation sites excluding steroid dienone is 1. The number of rotatable bonds is 9. The summed E-state index contributed by atoms with van der Waals surface area (Å²) in [5.74, 6) is 0.00636. The molecule has 1 aromatic carbocycles. The molecule has 0 spiro atoms.